The number of fused-ring (bicyclic) bond motifs is 1. The van der Waals surface area contributed by atoms with E-state index in [-0.39, 0.29) is 11.7 Å². The zero-order valence-corrected chi connectivity index (χ0v) is 11.3. The second-order valence-corrected chi connectivity index (χ2v) is 5.87. The Hall–Kier alpha value is -2.22. The summed E-state index contributed by atoms with van der Waals surface area (Å²) in [6, 6.07) is 4.08. The molecule has 1 saturated carbocycles. The molecule has 2 aromatic heterocycles. The van der Waals surface area contributed by atoms with E-state index >= 15 is 0 Å². The number of nitrogens with one attached hydrogen (secondary N) is 2. The third-order valence-electron chi connectivity index (χ3n) is 3.36. The maximum absolute atomic E-state index is 11.8. The van der Waals surface area contributed by atoms with Crippen LogP contribution in [0.5, 0.6) is 0 Å². The quantitative estimate of drug-likeness (QED) is 0.634. The van der Waals surface area contributed by atoms with Crippen molar-refractivity contribution in [1.82, 2.24) is 25.0 Å². The Morgan fingerprint density at radius 2 is 2.20 bits per heavy atom. The number of aromatic amines is 2. The van der Waals surface area contributed by atoms with Gasteiger partial charge in [-0.1, -0.05) is 0 Å². The zero-order valence-electron chi connectivity index (χ0n) is 10.5. The molecular weight excluding hydrogens is 276 g/mol. The normalized spacial score (nSPS) is 15.0. The highest BCUT2D eigenvalue weighted by atomic mass is 32.2. The van der Waals surface area contributed by atoms with Crippen molar-refractivity contribution < 1.29 is 0 Å². The number of anilines is 1. The lowest BCUT2D eigenvalue weighted by atomic mass is 10.2. The molecule has 7 nitrogen and oxygen atoms in total. The molecule has 0 atom stereocenters. The fraction of sp³-hybridized carbons (Fsp3) is 0.250. The number of nitrogens with two attached hydrogens (primary N) is 1. The van der Waals surface area contributed by atoms with E-state index in [1.807, 2.05) is 12.1 Å². The van der Waals surface area contributed by atoms with Gasteiger partial charge in [0.15, 0.2) is 5.16 Å². The zero-order chi connectivity index (χ0) is 13.7. The fourth-order valence-corrected chi connectivity index (χ4v) is 3.16. The van der Waals surface area contributed by atoms with Crippen LogP contribution in [-0.2, 0) is 0 Å². The molecule has 0 radical (unpaired) electrons. The van der Waals surface area contributed by atoms with Crippen molar-refractivity contribution in [3.63, 3.8) is 0 Å². The minimum absolute atomic E-state index is 0.156. The summed E-state index contributed by atoms with van der Waals surface area (Å²) in [6.45, 7) is 0. The first-order valence-electron chi connectivity index (χ1n) is 6.30. The van der Waals surface area contributed by atoms with Crippen molar-refractivity contribution in [2.45, 2.75) is 28.9 Å². The summed E-state index contributed by atoms with van der Waals surface area (Å²) < 4.78 is 1.71. The summed E-state index contributed by atoms with van der Waals surface area (Å²) in [6.07, 6.45) is 3.79. The summed E-state index contributed by atoms with van der Waals surface area (Å²) in [4.78, 5) is 12.6. The number of aromatic nitrogens is 5. The SMILES string of the molecule is Nc1cc2cn[nH]c2cc1Sc1n[nH]c(=O)n1C1CC1. The fourth-order valence-electron chi connectivity index (χ4n) is 2.19. The molecule has 4 N–H and O–H groups in total. The van der Waals surface area contributed by atoms with Crippen molar-refractivity contribution in [3.05, 3.63) is 28.8 Å². The molecule has 102 valence electrons. The van der Waals surface area contributed by atoms with E-state index in [9.17, 15) is 4.79 Å². The molecule has 3 aromatic rings. The summed E-state index contributed by atoms with van der Waals surface area (Å²) >= 11 is 1.40. The van der Waals surface area contributed by atoms with Gasteiger partial charge in [-0.25, -0.2) is 9.89 Å². The number of nitrogens with zero attached hydrogens (tertiary/aromatic N) is 3. The van der Waals surface area contributed by atoms with E-state index in [1.54, 1.807) is 10.8 Å². The first-order chi connectivity index (χ1) is 9.72. The molecule has 1 aromatic carbocycles. The molecule has 0 bridgehead atoms. The predicted molar refractivity (Wildman–Crippen MR) is 75.7 cm³/mol. The Balaban J connectivity index is 1.77. The molecule has 0 aliphatic heterocycles. The standard InChI is InChI=1S/C12H12N6OS/c13-8-3-6-5-14-15-9(6)4-10(8)20-12-17-16-11(19)18(12)7-1-2-7/h3-5,7H,1-2,13H2,(H,14,15)(H,16,19). The van der Waals surface area contributed by atoms with Crippen LogP contribution in [0.4, 0.5) is 5.69 Å². The first kappa shape index (κ1) is 11.6. The molecule has 4 rings (SSSR count). The second kappa shape index (κ2) is 4.14. The minimum Gasteiger partial charge on any atom is -0.398 e. The predicted octanol–water partition coefficient (Wildman–Crippen LogP) is 1.52. The molecule has 8 heteroatoms. The monoisotopic (exact) mass is 288 g/mol. The van der Waals surface area contributed by atoms with Gasteiger partial charge in [0, 0.05) is 22.0 Å². The molecule has 0 unspecified atom stereocenters. The average Bonchev–Trinajstić information content (AvgIpc) is 3.05. The molecular formula is C12H12N6OS. The number of benzene rings is 1. The van der Waals surface area contributed by atoms with Crippen LogP contribution in [0.15, 0.2) is 33.2 Å². The molecule has 1 aliphatic carbocycles. The van der Waals surface area contributed by atoms with Gasteiger partial charge in [0.25, 0.3) is 0 Å². The van der Waals surface area contributed by atoms with Crippen molar-refractivity contribution in [2.75, 3.05) is 5.73 Å². The lowest BCUT2D eigenvalue weighted by Crippen LogP contribution is -2.16. The highest BCUT2D eigenvalue weighted by Gasteiger charge is 2.29. The van der Waals surface area contributed by atoms with Gasteiger partial charge in [0.05, 0.1) is 11.7 Å². The van der Waals surface area contributed by atoms with Crippen LogP contribution in [-0.4, -0.2) is 25.0 Å². The van der Waals surface area contributed by atoms with Gasteiger partial charge in [0.1, 0.15) is 0 Å². The smallest absolute Gasteiger partial charge is 0.344 e. The van der Waals surface area contributed by atoms with Gasteiger partial charge >= 0.3 is 5.69 Å². The molecule has 1 aliphatic rings. The Morgan fingerprint density at radius 1 is 1.35 bits per heavy atom. The number of hydrogen-bond acceptors (Lipinski definition) is 5. The van der Waals surface area contributed by atoms with E-state index < -0.39 is 0 Å². The number of nitrogen functional groups attached to an aromatic ring is 1. The maximum atomic E-state index is 11.8. The maximum Gasteiger partial charge on any atom is 0.344 e. The van der Waals surface area contributed by atoms with E-state index in [1.165, 1.54) is 11.8 Å². The topological polar surface area (TPSA) is 105 Å². The summed E-state index contributed by atoms with van der Waals surface area (Å²) in [7, 11) is 0. The van der Waals surface area contributed by atoms with Gasteiger partial charge in [0.2, 0.25) is 0 Å². The van der Waals surface area contributed by atoms with Crippen LogP contribution in [0, 0.1) is 0 Å². The highest BCUT2D eigenvalue weighted by Crippen LogP contribution is 2.39. The van der Waals surface area contributed by atoms with Crippen molar-refractivity contribution >= 4 is 28.4 Å². The van der Waals surface area contributed by atoms with Gasteiger partial charge in [-0.2, -0.15) is 5.10 Å². The Labute approximate surface area is 117 Å². The van der Waals surface area contributed by atoms with Crippen LogP contribution < -0.4 is 11.4 Å². The number of hydrogen-bond donors (Lipinski definition) is 3. The second-order valence-electron chi connectivity index (χ2n) is 4.86. The highest BCUT2D eigenvalue weighted by molar-refractivity contribution is 7.99. The molecule has 0 saturated heterocycles. The van der Waals surface area contributed by atoms with Crippen LogP contribution in [0.25, 0.3) is 10.9 Å². The van der Waals surface area contributed by atoms with Gasteiger partial charge in [-0.05, 0) is 36.7 Å². The first-order valence-corrected chi connectivity index (χ1v) is 7.11. The lowest BCUT2D eigenvalue weighted by Gasteiger charge is -2.06. The summed E-state index contributed by atoms with van der Waals surface area (Å²) in [5, 5.41) is 15.1. The van der Waals surface area contributed by atoms with E-state index in [0.717, 1.165) is 28.6 Å². The van der Waals surface area contributed by atoms with Gasteiger partial charge < -0.3 is 5.73 Å². The van der Waals surface area contributed by atoms with Crippen LogP contribution in [0.3, 0.4) is 0 Å². The van der Waals surface area contributed by atoms with Crippen LogP contribution >= 0.6 is 11.8 Å². The van der Waals surface area contributed by atoms with E-state index in [2.05, 4.69) is 20.4 Å². The molecule has 0 spiro atoms. The number of rotatable bonds is 3. The molecule has 20 heavy (non-hydrogen) atoms. The van der Waals surface area contributed by atoms with Gasteiger partial charge in [-0.3, -0.25) is 9.67 Å². The van der Waals surface area contributed by atoms with E-state index in [4.69, 9.17) is 5.73 Å². The van der Waals surface area contributed by atoms with Crippen LogP contribution in [0.1, 0.15) is 18.9 Å². The molecule has 0 amide bonds. The minimum atomic E-state index is -0.156. The lowest BCUT2D eigenvalue weighted by molar-refractivity contribution is 0.642. The van der Waals surface area contributed by atoms with Crippen molar-refractivity contribution in [3.8, 4) is 0 Å². The summed E-state index contributed by atoms with van der Waals surface area (Å²) in [5.41, 5.74) is 7.47. The third-order valence-corrected chi connectivity index (χ3v) is 4.40. The molecule has 1 fully saturated rings. The van der Waals surface area contributed by atoms with Crippen molar-refractivity contribution in [1.29, 1.82) is 0 Å². The summed E-state index contributed by atoms with van der Waals surface area (Å²) in [5.74, 6) is 0. The Morgan fingerprint density at radius 3 is 3.00 bits per heavy atom. The third kappa shape index (κ3) is 1.80. The number of H-pyrrole nitrogens is 2. The Kier molecular flexibility index (Phi) is 2.40. The van der Waals surface area contributed by atoms with Crippen LogP contribution in [0.2, 0.25) is 0 Å². The Bertz CT molecular complexity index is 843. The van der Waals surface area contributed by atoms with Gasteiger partial charge in [-0.15, -0.1) is 5.10 Å². The largest absolute Gasteiger partial charge is 0.398 e. The van der Waals surface area contributed by atoms with Crippen molar-refractivity contribution in [2.24, 2.45) is 0 Å². The molecule has 2 heterocycles. The van der Waals surface area contributed by atoms with E-state index in [0.29, 0.717) is 10.8 Å². The average molecular weight is 288 g/mol.